The molecular formula is C18H19NO5. The van der Waals surface area contributed by atoms with E-state index in [0.717, 1.165) is 0 Å². The molecule has 0 radical (unpaired) electrons. The fourth-order valence-corrected chi connectivity index (χ4v) is 1.83. The number of hydrogen-bond acceptors (Lipinski definition) is 6. The van der Waals surface area contributed by atoms with Crippen LogP contribution in [0.1, 0.15) is 31.1 Å². The van der Waals surface area contributed by atoms with Crippen LogP contribution in [0, 0.1) is 0 Å². The van der Waals surface area contributed by atoms with Crippen LogP contribution in [-0.2, 0) is 14.3 Å². The van der Waals surface area contributed by atoms with Crippen molar-refractivity contribution in [2.75, 3.05) is 6.61 Å². The van der Waals surface area contributed by atoms with Crippen molar-refractivity contribution in [2.24, 2.45) is 0 Å². The molecule has 0 aliphatic heterocycles. The zero-order valence-electron chi connectivity index (χ0n) is 13.8. The van der Waals surface area contributed by atoms with Crippen molar-refractivity contribution in [1.82, 2.24) is 4.98 Å². The van der Waals surface area contributed by atoms with Gasteiger partial charge in [0.25, 0.3) is 0 Å². The van der Waals surface area contributed by atoms with Gasteiger partial charge in [-0.25, -0.2) is 9.59 Å². The molecule has 0 saturated heterocycles. The van der Waals surface area contributed by atoms with Crippen LogP contribution < -0.4 is 4.74 Å². The summed E-state index contributed by atoms with van der Waals surface area (Å²) in [5.74, 6) is -0.466. The fourth-order valence-electron chi connectivity index (χ4n) is 1.83. The van der Waals surface area contributed by atoms with Crippen molar-refractivity contribution in [3.05, 3.63) is 54.4 Å². The first-order chi connectivity index (χ1) is 11.3. The molecule has 6 nitrogen and oxygen atoms in total. The predicted octanol–water partition coefficient (Wildman–Crippen LogP) is 3.37. The topological polar surface area (TPSA) is 74.7 Å². The molecule has 0 atom stereocenters. The monoisotopic (exact) mass is 329 g/mol. The molecule has 0 aliphatic carbocycles. The van der Waals surface area contributed by atoms with Crippen molar-refractivity contribution in [2.45, 2.75) is 26.4 Å². The summed E-state index contributed by atoms with van der Waals surface area (Å²) >= 11 is 0. The third-order valence-corrected chi connectivity index (χ3v) is 2.71. The van der Waals surface area contributed by atoms with Crippen LogP contribution in [0.5, 0.6) is 11.5 Å². The number of hydrogen-bond donors (Lipinski definition) is 0. The molecule has 1 aromatic carbocycles. The average molecular weight is 329 g/mol. The summed E-state index contributed by atoms with van der Waals surface area (Å²) in [4.78, 5) is 27.8. The minimum absolute atomic E-state index is 0.213. The molecule has 1 aromatic heterocycles. The van der Waals surface area contributed by atoms with Gasteiger partial charge in [-0.2, -0.15) is 0 Å². The van der Waals surface area contributed by atoms with E-state index in [1.165, 1.54) is 6.20 Å². The molecule has 1 heterocycles. The summed E-state index contributed by atoms with van der Waals surface area (Å²) in [6, 6.07) is 10.0. The minimum atomic E-state index is -0.666. The predicted molar refractivity (Wildman–Crippen MR) is 86.9 cm³/mol. The summed E-state index contributed by atoms with van der Waals surface area (Å²) in [5.41, 5.74) is -0.421. The number of carbonyl (C=O) groups is 2. The van der Waals surface area contributed by atoms with Crippen LogP contribution in [-0.4, -0.2) is 29.1 Å². The highest BCUT2D eigenvalue weighted by Crippen LogP contribution is 2.25. The van der Waals surface area contributed by atoms with Gasteiger partial charge in [0.05, 0.1) is 6.20 Å². The molecule has 2 rings (SSSR count). The van der Waals surface area contributed by atoms with Gasteiger partial charge in [0.1, 0.15) is 22.7 Å². The Hall–Kier alpha value is -2.89. The van der Waals surface area contributed by atoms with E-state index in [4.69, 9.17) is 14.2 Å². The molecular weight excluding hydrogens is 310 g/mol. The summed E-state index contributed by atoms with van der Waals surface area (Å²) in [7, 11) is 0. The maximum atomic E-state index is 12.2. The van der Waals surface area contributed by atoms with Crippen LogP contribution in [0.4, 0.5) is 0 Å². The number of para-hydroxylation sites is 1. The van der Waals surface area contributed by atoms with Crippen LogP contribution in [0.15, 0.2) is 48.8 Å². The summed E-state index contributed by atoms with van der Waals surface area (Å²) in [5, 5.41) is 0. The number of esters is 2. The second-order valence-corrected chi connectivity index (χ2v) is 5.95. The zero-order chi connectivity index (χ0) is 17.6. The Labute approximate surface area is 140 Å². The third-order valence-electron chi connectivity index (χ3n) is 2.71. The van der Waals surface area contributed by atoms with E-state index >= 15 is 0 Å². The molecule has 0 unspecified atom stereocenters. The number of aromatic nitrogens is 1. The maximum absolute atomic E-state index is 12.2. The molecule has 24 heavy (non-hydrogen) atoms. The lowest BCUT2D eigenvalue weighted by atomic mass is 10.2. The lowest BCUT2D eigenvalue weighted by Gasteiger charge is -2.19. The van der Waals surface area contributed by atoms with E-state index in [0.29, 0.717) is 11.5 Å². The third kappa shape index (κ3) is 5.39. The van der Waals surface area contributed by atoms with Gasteiger partial charge in [-0.1, -0.05) is 12.1 Å². The molecule has 6 heteroatoms. The largest absolute Gasteiger partial charge is 0.457 e. The van der Waals surface area contributed by atoms with Crippen molar-refractivity contribution >= 4 is 11.9 Å². The van der Waals surface area contributed by atoms with Gasteiger partial charge in [0, 0.05) is 6.20 Å². The van der Waals surface area contributed by atoms with Crippen molar-refractivity contribution in [1.29, 1.82) is 0 Å². The first-order valence-electron chi connectivity index (χ1n) is 7.41. The Morgan fingerprint density at radius 3 is 2.50 bits per heavy atom. The van der Waals surface area contributed by atoms with Gasteiger partial charge >= 0.3 is 11.9 Å². The second-order valence-electron chi connectivity index (χ2n) is 5.95. The smallest absolute Gasteiger partial charge is 0.344 e. The summed E-state index contributed by atoms with van der Waals surface area (Å²) in [6.45, 7) is 4.76. The van der Waals surface area contributed by atoms with Gasteiger partial charge in [-0.3, -0.25) is 4.98 Å². The highest BCUT2D eigenvalue weighted by Gasteiger charge is 2.20. The van der Waals surface area contributed by atoms with Crippen LogP contribution >= 0.6 is 0 Å². The Balaban J connectivity index is 2.03. The minimum Gasteiger partial charge on any atom is -0.457 e. The number of rotatable bonds is 5. The molecule has 2 aromatic rings. The molecule has 0 saturated carbocycles. The summed E-state index contributed by atoms with van der Waals surface area (Å²) < 4.78 is 15.7. The number of carbonyl (C=O) groups excluding carboxylic acids is 2. The highest BCUT2D eigenvalue weighted by atomic mass is 16.6. The van der Waals surface area contributed by atoms with E-state index in [9.17, 15) is 9.59 Å². The van der Waals surface area contributed by atoms with E-state index in [1.54, 1.807) is 63.4 Å². The van der Waals surface area contributed by atoms with E-state index < -0.39 is 24.1 Å². The summed E-state index contributed by atoms with van der Waals surface area (Å²) in [6.07, 6.45) is 3.15. The van der Waals surface area contributed by atoms with Gasteiger partial charge in [-0.15, -0.1) is 0 Å². The van der Waals surface area contributed by atoms with Crippen molar-refractivity contribution in [3.63, 3.8) is 0 Å². The van der Waals surface area contributed by atoms with Crippen LogP contribution in [0.3, 0.4) is 0 Å². The molecule has 0 spiro atoms. The van der Waals surface area contributed by atoms with Gasteiger partial charge in [0.15, 0.2) is 6.61 Å². The van der Waals surface area contributed by atoms with E-state index in [-0.39, 0.29) is 5.56 Å². The van der Waals surface area contributed by atoms with Gasteiger partial charge < -0.3 is 14.2 Å². The first-order valence-corrected chi connectivity index (χ1v) is 7.41. The standard InChI is InChI=1S/C18H19NO5/c1-18(2,3)24-16(20)12-22-17(21)14-8-4-5-9-15(14)23-13-7-6-10-19-11-13/h4-11H,12H2,1-3H3. The quantitative estimate of drug-likeness (QED) is 0.783. The molecule has 0 aliphatic rings. The van der Waals surface area contributed by atoms with Crippen molar-refractivity contribution < 1.29 is 23.8 Å². The Kier molecular flexibility index (Phi) is 5.52. The Bertz CT molecular complexity index is 707. The zero-order valence-corrected chi connectivity index (χ0v) is 13.8. The lowest BCUT2D eigenvalue weighted by molar-refractivity contribution is -0.158. The SMILES string of the molecule is CC(C)(C)OC(=O)COC(=O)c1ccccc1Oc1cccnc1. The Morgan fingerprint density at radius 2 is 1.83 bits per heavy atom. The molecule has 0 N–H and O–H groups in total. The first kappa shape index (κ1) is 17.5. The fraction of sp³-hybridized carbons (Fsp3) is 0.278. The number of pyridine rings is 1. The number of benzene rings is 1. The van der Waals surface area contributed by atoms with Gasteiger partial charge in [0.2, 0.25) is 0 Å². The van der Waals surface area contributed by atoms with E-state index in [1.807, 2.05) is 0 Å². The van der Waals surface area contributed by atoms with Crippen molar-refractivity contribution in [3.8, 4) is 11.5 Å². The number of ether oxygens (including phenoxy) is 3. The van der Waals surface area contributed by atoms with Crippen LogP contribution in [0.2, 0.25) is 0 Å². The Morgan fingerprint density at radius 1 is 1.08 bits per heavy atom. The molecule has 0 bridgehead atoms. The maximum Gasteiger partial charge on any atom is 0.344 e. The van der Waals surface area contributed by atoms with Crippen LogP contribution in [0.25, 0.3) is 0 Å². The highest BCUT2D eigenvalue weighted by molar-refractivity contribution is 5.93. The van der Waals surface area contributed by atoms with E-state index in [2.05, 4.69) is 4.98 Å². The number of nitrogens with zero attached hydrogens (tertiary/aromatic N) is 1. The lowest BCUT2D eigenvalue weighted by Crippen LogP contribution is -2.27. The normalized spacial score (nSPS) is 10.8. The van der Waals surface area contributed by atoms with Gasteiger partial charge in [-0.05, 0) is 45.0 Å². The molecule has 0 amide bonds. The molecule has 126 valence electrons. The second kappa shape index (κ2) is 7.59. The average Bonchev–Trinajstić information content (AvgIpc) is 2.52. The molecule has 0 fully saturated rings.